The van der Waals surface area contributed by atoms with Gasteiger partial charge >= 0.3 is 0 Å². The number of carbonyl (C=O) groups excluding carboxylic acids is 1. The zero-order valence-corrected chi connectivity index (χ0v) is 21.5. The molecule has 1 aromatic heterocycles. The first kappa shape index (κ1) is 22.7. The van der Waals surface area contributed by atoms with Gasteiger partial charge in [-0.1, -0.05) is 13.5 Å². The Kier molecular flexibility index (Phi) is 5.07. The third-order valence-electron chi connectivity index (χ3n) is 10.7. The van der Waals surface area contributed by atoms with Gasteiger partial charge in [0.1, 0.15) is 11.9 Å². The Morgan fingerprint density at radius 1 is 1.19 bits per heavy atom. The summed E-state index contributed by atoms with van der Waals surface area (Å²) in [5, 5.41) is 10.7. The van der Waals surface area contributed by atoms with Gasteiger partial charge in [0, 0.05) is 49.9 Å². The number of pyridine rings is 1. The van der Waals surface area contributed by atoms with Crippen molar-refractivity contribution >= 4 is 11.7 Å². The lowest BCUT2D eigenvalue weighted by atomic mass is 9.64. The predicted molar refractivity (Wildman–Crippen MR) is 138 cm³/mol. The summed E-state index contributed by atoms with van der Waals surface area (Å²) >= 11 is 0. The van der Waals surface area contributed by atoms with Gasteiger partial charge in [0.15, 0.2) is 0 Å². The van der Waals surface area contributed by atoms with E-state index >= 15 is 0 Å². The van der Waals surface area contributed by atoms with Gasteiger partial charge in [-0.25, -0.2) is 4.98 Å². The first-order valence-corrected chi connectivity index (χ1v) is 14.1. The number of nitriles is 1. The van der Waals surface area contributed by atoms with Crippen LogP contribution in [0.5, 0.6) is 0 Å². The van der Waals surface area contributed by atoms with Crippen LogP contribution in [0.15, 0.2) is 12.7 Å². The average Bonchev–Trinajstić information content (AvgIpc) is 3.25. The fraction of sp³-hybridized carbons (Fsp3) is 0.690. The highest BCUT2D eigenvalue weighted by Gasteiger charge is 2.52. The van der Waals surface area contributed by atoms with Gasteiger partial charge in [0.2, 0.25) is 5.91 Å². The molecule has 2 N–H and O–H groups in total. The van der Waals surface area contributed by atoms with Crippen molar-refractivity contribution in [3.05, 3.63) is 35.0 Å². The third-order valence-corrected chi connectivity index (χ3v) is 10.7. The normalized spacial score (nSPS) is 33.1. The molecule has 2 spiro atoms. The number of aromatic nitrogens is 1. The number of amides is 1. The Balaban J connectivity index is 1.29. The summed E-state index contributed by atoms with van der Waals surface area (Å²) in [7, 11) is 0. The van der Waals surface area contributed by atoms with Crippen LogP contribution in [0.2, 0.25) is 0 Å². The summed E-state index contributed by atoms with van der Waals surface area (Å²) in [6, 6.07) is 3.20. The minimum Gasteiger partial charge on any atom is -0.355 e. The third kappa shape index (κ3) is 3.37. The smallest absolute Gasteiger partial charge is 0.245 e. The first-order chi connectivity index (χ1) is 17.4. The summed E-state index contributed by atoms with van der Waals surface area (Å²) in [6.07, 6.45) is 10.9. The van der Waals surface area contributed by atoms with Crippen molar-refractivity contribution in [2.75, 3.05) is 37.6 Å². The number of anilines is 1. The molecule has 0 bridgehead atoms. The fourth-order valence-corrected chi connectivity index (χ4v) is 8.43. The number of fused-ring (bicyclic) bond motifs is 2. The molecule has 4 heterocycles. The van der Waals surface area contributed by atoms with Crippen molar-refractivity contribution in [1.82, 2.24) is 20.7 Å². The summed E-state index contributed by atoms with van der Waals surface area (Å²) in [6.45, 7) is 10.4. The first-order valence-electron chi connectivity index (χ1n) is 14.1. The van der Waals surface area contributed by atoms with E-state index in [9.17, 15) is 10.1 Å². The molecule has 4 atom stereocenters. The quantitative estimate of drug-likeness (QED) is 0.639. The molecule has 2 saturated carbocycles. The van der Waals surface area contributed by atoms with Crippen molar-refractivity contribution in [2.45, 2.75) is 70.3 Å². The second-order valence-corrected chi connectivity index (χ2v) is 12.9. The minimum atomic E-state index is 0.0274. The molecule has 7 nitrogen and oxygen atoms in total. The average molecular weight is 487 g/mol. The molecule has 5 fully saturated rings. The zero-order valence-electron chi connectivity index (χ0n) is 21.5. The summed E-state index contributed by atoms with van der Waals surface area (Å²) < 4.78 is 0. The van der Waals surface area contributed by atoms with Crippen LogP contribution in [-0.4, -0.2) is 54.6 Å². The second kappa shape index (κ2) is 8.03. The number of hydrogen-bond donors (Lipinski definition) is 2. The standard InChI is InChI=1S/C29H38N6O/c1-3-24(36)35-16-29(17-35)10-11-34(15-29)27-20(13-30)26(19-12-28(8-9-28)7-6-22(19)32-27)25-18(2)4-5-23-21(25)14-31-33-23/h3,18,21,23,25,31,33H,1,4-12,14-17H2,2H3. The number of nitrogens with one attached hydrogen (secondary N) is 2. The van der Waals surface area contributed by atoms with Crippen molar-refractivity contribution in [3.63, 3.8) is 0 Å². The maximum atomic E-state index is 12.1. The summed E-state index contributed by atoms with van der Waals surface area (Å²) in [5.74, 6) is 2.43. The highest BCUT2D eigenvalue weighted by atomic mass is 16.2. The fourth-order valence-electron chi connectivity index (χ4n) is 8.43. The van der Waals surface area contributed by atoms with Crippen LogP contribution in [0.4, 0.5) is 5.82 Å². The zero-order chi connectivity index (χ0) is 24.7. The topological polar surface area (TPSA) is 84.3 Å². The lowest BCUT2D eigenvalue weighted by Gasteiger charge is -2.47. The van der Waals surface area contributed by atoms with E-state index in [0.717, 1.165) is 63.4 Å². The largest absolute Gasteiger partial charge is 0.355 e. The van der Waals surface area contributed by atoms with Crippen LogP contribution < -0.4 is 15.8 Å². The number of hydrogen-bond acceptors (Lipinski definition) is 6. The lowest BCUT2D eigenvalue weighted by Crippen LogP contribution is -2.59. The molecule has 4 unspecified atom stereocenters. The van der Waals surface area contributed by atoms with E-state index in [1.165, 1.54) is 55.0 Å². The van der Waals surface area contributed by atoms with E-state index in [4.69, 9.17) is 4.98 Å². The maximum Gasteiger partial charge on any atom is 0.245 e. The van der Waals surface area contributed by atoms with Crippen molar-refractivity contribution < 1.29 is 4.79 Å². The summed E-state index contributed by atoms with van der Waals surface area (Å²) in [5.41, 5.74) is 12.5. The molecule has 0 radical (unpaired) electrons. The molecule has 190 valence electrons. The van der Waals surface area contributed by atoms with Gasteiger partial charge in [0.25, 0.3) is 0 Å². The summed E-state index contributed by atoms with van der Waals surface area (Å²) in [4.78, 5) is 21.6. The predicted octanol–water partition coefficient (Wildman–Crippen LogP) is 3.05. The molecule has 7 rings (SSSR count). The Hall–Kier alpha value is -2.43. The molecule has 3 aliphatic heterocycles. The van der Waals surface area contributed by atoms with Gasteiger partial charge < -0.3 is 9.80 Å². The van der Waals surface area contributed by atoms with E-state index in [1.807, 2.05) is 4.90 Å². The molecule has 1 amide bonds. The molecular weight excluding hydrogens is 448 g/mol. The van der Waals surface area contributed by atoms with Crippen LogP contribution in [0.1, 0.15) is 73.8 Å². The number of hydrazine groups is 1. The van der Waals surface area contributed by atoms with Crippen molar-refractivity contribution in [3.8, 4) is 6.07 Å². The molecule has 1 aromatic rings. The van der Waals surface area contributed by atoms with Crippen LogP contribution in [0.3, 0.4) is 0 Å². The Labute approximate surface area is 214 Å². The van der Waals surface area contributed by atoms with E-state index < -0.39 is 0 Å². The van der Waals surface area contributed by atoms with Crippen molar-refractivity contribution in [2.24, 2.45) is 22.7 Å². The number of likely N-dealkylation sites (tertiary alicyclic amines) is 1. The van der Waals surface area contributed by atoms with Gasteiger partial charge in [-0.2, -0.15) is 5.26 Å². The number of aryl methyl sites for hydroxylation is 1. The number of rotatable bonds is 3. The maximum absolute atomic E-state index is 12.1. The highest BCUT2D eigenvalue weighted by molar-refractivity contribution is 5.87. The number of nitrogens with zero attached hydrogens (tertiary/aromatic N) is 4. The Bertz CT molecular complexity index is 1160. The highest BCUT2D eigenvalue weighted by Crippen LogP contribution is 2.57. The van der Waals surface area contributed by atoms with Crippen LogP contribution >= 0.6 is 0 Å². The van der Waals surface area contributed by atoms with E-state index in [-0.39, 0.29) is 11.3 Å². The van der Waals surface area contributed by atoms with Crippen LogP contribution in [0.25, 0.3) is 0 Å². The monoisotopic (exact) mass is 486 g/mol. The second-order valence-electron chi connectivity index (χ2n) is 12.9. The molecule has 6 aliphatic rings. The van der Waals surface area contributed by atoms with Crippen molar-refractivity contribution in [1.29, 1.82) is 5.26 Å². The van der Waals surface area contributed by atoms with E-state index in [0.29, 0.717) is 29.2 Å². The SMILES string of the molecule is C=CC(=O)N1CC2(CCN(c3nc4c(c(C5C(C)CCC6NNCC65)c3C#N)CC3(CC4)CC3)C2)C1. The Morgan fingerprint density at radius 2 is 2.03 bits per heavy atom. The van der Waals surface area contributed by atoms with Crippen LogP contribution in [0, 0.1) is 34.0 Å². The minimum absolute atomic E-state index is 0.0274. The number of carbonyl (C=O) groups is 1. The van der Waals surface area contributed by atoms with E-state index in [1.54, 1.807) is 0 Å². The molecule has 3 saturated heterocycles. The van der Waals surface area contributed by atoms with Gasteiger partial charge in [0.05, 0.1) is 5.56 Å². The molecule has 3 aliphatic carbocycles. The molecular formula is C29H38N6O. The van der Waals surface area contributed by atoms with Gasteiger partial charge in [-0.3, -0.25) is 15.6 Å². The van der Waals surface area contributed by atoms with E-state index in [2.05, 4.69) is 35.3 Å². The molecule has 0 aromatic carbocycles. The van der Waals surface area contributed by atoms with Gasteiger partial charge in [-0.15, -0.1) is 0 Å². The molecule has 36 heavy (non-hydrogen) atoms. The Morgan fingerprint density at radius 3 is 2.78 bits per heavy atom. The van der Waals surface area contributed by atoms with Gasteiger partial charge in [-0.05, 0) is 91.7 Å². The van der Waals surface area contributed by atoms with Crippen LogP contribution in [-0.2, 0) is 17.6 Å². The lowest BCUT2D eigenvalue weighted by molar-refractivity contribution is -0.136. The molecule has 7 heteroatoms.